The second-order valence-corrected chi connectivity index (χ2v) is 7.05. The van der Waals surface area contributed by atoms with Gasteiger partial charge in [-0.3, -0.25) is 4.98 Å². The Balaban J connectivity index is 1.59. The number of hydrogen-bond acceptors (Lipinski definition) is 6. The summed E-state index contributed by atoms with van der Waals surface area (Å²) in [5.41, 5.74) is 1.64. The maximum absolute atomic E-state index is 12.6. The molecule has 0 atom stereocenters. The third-order valence-corrected chi connectivity index (χ3v) is 4.81. The van der Waals surface area contributed by atoms with E-state index in [4.69, 9.17) is 26.3 Å². The first kappa shape index (κ1) is 20.2. The van der Waals surface area contributed by atoms with E-state index < -0.39 is 5.97 Å². The number of carbonyl (C=O) groups is 1. The zero-order chi connectivity index (χ0) is 21.8. The van der Waals surface area contributed by atoms with E-state index in [0.29, 0.717) is 34.0 Å². The first-order valence-electron chi connectivity index (χ1n) is 9.25. The zero-order valence-electron chi connectivity index (χ0n) is 16.1. The van der Waals surface area contributed by atoms with E-state index in [0.717, 1.165) is 5.56 Å². The number of fused-ring (bicyclic) bond motifs is 1. The van der Waals surface area contributed by atoms with Crippen molar-refractivity contribution in [2.45, 2.75) is 6.61 Å². The van der Waals surface area contributed by atoms with Gasteiger partial charge in [0.2, 0.25) is 0 Å². The molecule has 1 aromatic heterocycles. The molecule has 0 aliphatic carbocycles. The van der Waals surface area contributed by atoms with Gasteiger partial charge in [-0.1, -0.05) is 29.8 Å². The molecule has 0 aliphatic rings. The van der Waals surface area contributed by atoms with Crippen LogP contribution >= 0.6 is 11.6 Å². The van der Waals surface area contributed by atoms with Crippen molar-refractivity contribution in [3.05, 3.63) is 94.6 Å². The number of rotatable bonds is 5. The van der Waals surface area contributed by atoms with E-state index in [1.54, 1.807) is 36.4 Å². The van der Waals surface area contributed by atoms with Gasteiger partial charge in [0, 0.05) is 16.6 Å². The van der Waals surface area contributed by atoms with Gasteiger partial charge in [0.25, 0.3) is 0 Å². The molecule has 0 unspecified atom stereocenters. The summed E-state index contributed by atoms with van der Waals surface area (Å²) in [6.45, 7) is 0.326. The van der Waals surface area contributed by atoms with Crippen LogP contribution in [0.25, 0.3) is 10.9 Å². The maximum atomic E-state index is 12.6. The summed E-state index contributed by atoms with van der Waals surface area (Å²) in [5, 5.41) is 19.9. The van der Waals surface area contributed by atoms with Crippen LogP contribution in [-0.4, -0.2) is 16.1 Å². The molecule has 31 heavy (non-hydrogen) atoms. The van der Waals surface area contributed by atoms with Crippen molar-refractivity contribution in [1.29, 1.82) is 5.26 Å². The fraction of sp³-hybridized carbons (Fsp3) is 0.0417. The third-order valence-electron chi connectivity index (χ3n) is 4.56. The van der Waals surface area contributed by atoms with Crippen molar-refractivity contribution in [3.63, 3.8) is 0 Å². The molecule has 3 aromatic carbocycles. The number of hydrogen-bond donors (Lipinski definition) is 1. The van der Waals surface area contributed by atoms with Crippen molar-refractivity contribution < 1.29 is 19.4 Å². The molecule has 1 N–H and O–H groups in total. The maximum Gasteiger partial charge on any atom is 0.343 e. The van der Waals surface area contributed by atoms with Crippen LogP contribution in [0.15, 0.2) is 72.9 Å². The van der Waals surface area contributed by atoms with Crippen molar-refractivity contribution >= 4 is 28.5 Å². The van der Waals surface area contributed by atoms with Crippen LogP contribution in [0.5, 0.6) is 17.2 Å². The molecule has 0 saturated carbocycles. The van der Waals surface area contributed by atoms with Gasteiger partial charge < -0.3 is 14.6 Å². The number of esters is 1. The monoisotopic (exact) mass is 430 g/mol. The van der Waals surface area contributed by atoms with Crippen LogP contribution in [0.1, 0.15) is 21.5 Å². The number of nitrogens with zero attached hydrogens (tertiary/aromatic N) is 2. The van der Waals surface area contributed by atoms with Crippen molar-refractivity contribution in [3.8, 4) is 23.3 Å². The Labute approximate surface area is 182 Å². The molecular weight excluding hydrogens is 416 g/mol. The van der Waals surface area contributed by atoms with E-state index in [1.807, 2.05) is 18.2 Å². The second kappa shape index (κ2) is 8.74. The number of benzene rings is 3. The lowest BCUT2D eigenvalue weighted by atomic mass is 10.1. The standard InChI is InChI=1S/C24H15ClN2O4/c25-18-7-4-15(5-8-18)14-30-22-3-1-2-19-21(10-11-27-23(19)22)31-24(29)16-6-9-20(28)17(12-16)13-26/h1-12,28H,14H2. The van der Waals surface area contributed by atoms with Crippen LogP contribution in [0.2, 0.25) is 5.02 Å². The molecule has 0 bridgehead atoms. The van der Waals surface area contributed by atoms with E-state index in [9.17, 15) is 9.90 Å². The highest BCUT2D eigenvalue weighted by Crippen LogP contribution is 2.31. The Morgan fingerprint density at radius 3 is 2.65 bits per heavy atom. The molecule has 0 aliphatic heterocycles. The molecule has 0 fully saturated rings. The van der Waals surface area contributed by atoms with Crippen LogP contribution < -0.4 is 9.47 Å². The molecule has 4 rings (SSSR count). The SMILES string of the molecule is N#Cc1cc(C(=O)Oc2ccnc3c(OCc4ccc(Cl)cc4)cccc23)ccc1O. The van der Waals surface area contributed by atoms with Crippen LogP contribution in [0, 0.1) is 11.3 Å². The fourth-order valence-electron chi connectivity index (χ4n) is 2.98. The highest BCUT2D eigenvalue weighted by atomic mass is 35.5. The highest BCUT2D eigenvalue weighted by molar-refractivity contribution is 6.30. The number of halogens is 1. The lowest BCUT2D eigenvalue weighted by molar-refractivity contribution is 0.0737. The minimum absolute atomic E-state index is 0.00748. The van der Waals surface area contributed by atoms with Crippen molar-refractivity contribution in [2.24, 2.45) is 0 Å². The Morgan fingerprint density at radius 1 is 1.06 bits per heavy atom. The predicted molar refractivity (Wildman–Crippen MR) is 115 cm³/mol. The molecule has 0 radical (unpaired) electrons. The molecule has 7 heteroatoms. The predicted octanol–water partition coefficient (Wildman–Crippen LogP) is 5.26. The Kier molecular flexibility index (Phi) is 5.69. The fourth-order valence-corrected chi connectivity index (χ4v) is 3.11. The summed E-state index contributed by atoms with van der Waals surface area (Å²) >= 11 is 5.91. The number of carbonyl (C=O) groups excluding carboxylic acids is 1. The first-order chi connectivity index (χ1) is 15.0. The minimum atomic E-state index is -0.656. The summed E-state index contributed by atoms with van der Waals surface area (Å²) in [6.07, 6.45) is 1.53. The molecule has 0 amide bonds. The van der Waals surface area contributed by atoms with Crippen LogP contribution in [-0.2, 0) is 6.61 Å². The summed E-state index contributed by atoms with van der Waals surface area (Å²) < 4.78 is 11.5. The van der Waals surface area contributed by atoms with Crippen LogP contribution in [0.3, 0.4) is 0 Å². The Hall–Kier alpha value is -4.08. The zero-order valence-corrected chi connectivity index (χ0v) is 16.8. The Morgan fingerprint density at radius 2 is 1.87 bits per heavy atom. The molecule has 0 spiro atoms. The number of ether oxygens (including phenoxy) is 2. The smallest absolute Gasteiger partial charge is 0.343 e. The van der Waals surface area contributed by atoms with E-state index in [1.165, 1.54) is 24.4 Å². The number of para-hydroxylation sites is 1. The number of pyridine rings is 1. The van der Waals surface area contributed by atoms with E-state index in [2.05, 4.69) is 4.98 Å². The van der Waals surface area contributed by atoms with Gasteiger partial charge in [-0.2, -0.15) is 5.26 Å². The number of aromatic nitrogens is 1. The molecule has 6 nitrogen and oxygen atoms in total. The van der Waals surface area contributed by atoms with Gasteiger partial charge in [-0.05, 0) is 54.1 Å². The number of phenolic OH excluding ortho intramolecular Hbond substituents is 1. The largest absolute Gasteiger partial charge is 0.507 e. The summed E-state index contributed by atoms with van der Waals surface area (Å²) in [7, 11) is 0. The van der Waals surface area contributed by atoms with Gasteiger partial charge in [-0.15, -0.1) is 0 Å². The second-order valence-electron chi connectivity index (χ2n) is 6.61. The summed E-state index contributed by atoms with van der Waals surface area (Å²) in [4.78, 5) is 17.0. The number of aromatic hydroxyl groups is 1. The van der Waals surface area contributed by atoms with Crippen LogP contribution in [0.4, 0.5) is 0 Å². The average molecular weight is 431 g/mol. The molecule has 1 heterocycles. The van der Waals surface area contributed by atoms with E-state index in [-0.39, 0.29) is 16.9 Å². The summed E-state index contributed by atoms with van der Waals surface area (Å²) in [5.74, 6) is -0.00681. The minimum Gasteiger partial charge on any atom is -0.507 e. The molecule has 0 saturated heterocycles. The quantitative estimate of drug-likeness (QED) is 0.434. The van der Waals surface area contributed by atoms with Gasteiger partial charge in [0.05, 0.1) is 11.1 Å². The average Bonchev–Trinajstić information content (AvgIpc) is 2.79. The van der Waals surface area contributed by atoms with Gasteiger partial charge >= 0.3 is 5.97 Å². The lowest BCUT2D eigenvalue weighted by Crippen LogP contribution is -2.09. The normalized spacial score (nSPS) is 10.5. The molecule has 152 valence electrons. The summed E-state index contributed by atoms with van der Waals surface area (Å²) in [6, 6.07) is 20.0. The molecular formula is C24H15ClN2O4. The van der Waals surface area contributed by atoms with Crippen molar-refractivity contribution in [1.82, 2.24) is 4.98 Å². The molecule has 4 aromatic rings. The topological polar surface area (TPSA) is 92.4 Å². The van der Waals surface area contributed by atoms with Gasteiger partial charge in [-0.25, -0.2) is 4.79 Å². The van der Waals surface area contributed by atoms with Crippen molar-refractivity contribution in [2.75, 3.05) is 0 Å². The van der Waals surface area contributed by atoms with E-state index >= 15 is 0 Å². The lowest BCUT2D eigenvalue weighted by Gasteiger charge is -2.12. The third kappa shape index (κ3) is 4.42. The Bertz CT molecular complexity index is 1310. The first-order valence-corrected chi connectivity index (χ1v) is 9.63. The van der Waals surface area contributed by atoms with Gasteiger partial charge in [0.1, 0.15) is 35.4 Å². The number of nitriles is 1. The number of phenols is 1. The highest BCUT2D eigenvalue weighted by Gasteiger charge is 2.15. The van der Waals surface area contributed by atoms with Gasteiger partial charge in [0.15, 0.2) is 0 Å².